The van der Waals surface area contributed by atoms with Crippen LogP contribution in [0.2, 0.25) is 0 Å². The van der Waals surface area contributed by atoms with Gasteiger partial charge < -0.3 is 54.8 Å². The fourth-order valence-corrected chi connectivity index (χ4v) is 5.54. The number of halogens is 7. The van der Waals surface area contributed by atoms with Crippen molar-refractivity contribution < 1.29 is 121 Å². The number of rotatable bonds is 13. The van der Waals surface area contributed by atoms with Crippen molar-refractivity contribution in [3.8, 4) is 0 Å². The molecule has 0 bridgehead atoms. The number of benzene rings is 1. The zero-order chi connectivity index (χ0) is 48.2. The zero-order valence-corrected chi connectivity index (χ0v) is 47.6. The van der Waals surface area contributed by atoms with Gasteiger partial charge in [0.25, 0.3) is 0 Å². The van der Waals surface area contributed by atoms with Crippen LogP contribution in [0, 0.1) is 25.4 Å². The van der Waals surface area contributed by atoms with E-state index >= 15 is 0 Å². The van der Waals surface area contributed by atoms with Crippen molar-refractivity contribution in [2.45, 2.75) is 158 Å². The van der Waals surface area contributed by atoms with Crippen LogP contribution in [0.25, 0.3) is 0 Å². The number of hydrogen-bond acceptors (Lipinski definition) is 12. The fourth-order valence-electron chi connectivity index (χ4n) is 5.54. The first-order valence-electron chi connectivity index (χ1n) is 20.9. The number of aliphatic hydroxyl groups is 1. The van der Waals surface area contributed by atoms with Crippen LogP contribution in [0.1, 0.15) is 134 Å². The van der Waals surface area contributed by atoms with Crippen LogP contribution in [-0.2, 0) is 85.0 Å². The molecule has 0 spiro atoms. The van der Waals surface area contributed by atoms with Crippen LogP contribution < -0.4 is 0 Å². The molecule has 1 N–H and O–H groups in total. The van der Waals surface area contributed by atoms with Crippen LogP contribution in [0.5, 0.6) is 0 Å². The Labute approximate surface area is 431 Å². The molecule has 2 aliphatic heterocycles. The Balaban J connectivity index is -0.0000000748. The first kappa shape index (κ1) is 88.5. The molecule has 406 valence electrons. The molecule has 69 heavy (non-hydrogen) atoms. The average molecular weight is 1350 g/mol. The minimum atomic E-state index is -1.75. The summed E-state index contributed by atoms with van der Waals surface area (Å²) in [4.78, 5) is 41.3. The van der Waals surface area contributed by atoms with E-state index in [0.29, 0.717) is 56.1 Å². The van der Waals surface area contributed by atoms with Gasteiger partial charge >= 0.3 is 44.6 Å². The number of carbonyl (C=O) groups is 2. The molecule has 1 aromatic carbocycles. The summed E-state index contributed by atoms with van der Waals surface area (Å²) in [6.45, 7) is 7.68. The number of fused-ring (bicyclic) bond motifs is 2. The molecule has 6 rings (SSSR count). The summed E-state index contributed by atoms with van der Waals surface area (Å²) in [6.07, 6.45) is 18.1. The maximum absolute atomic E-state index is 11.0. The summed E-state index contributed by atoms with van der Waals surface area (Å²) in [5.74, 6) is -0.259. The molecular formula is C48H87F7O12RfY-. The van der Waals surface area contributed by atoms with Crippen LogP contribution in [0.4, 0.5) is 30.7 Å². The predicted molar refractivity (Wildman–Crippen MR) is 250 cm³/mol. The standard InChI is InChI=1S/2C10H13O5.C6H12.C6H6.C4H8O2.C3H8.C2H5F.3CH2F2.4CH4.Rf.Y/c2*11-6-13-5-10(12)14-4-7-1-2-8-9(3-7)15-8;2*1-2-4-6-5-3-1;1-2-6-4-3-5;1-3-2;1-2-3;3*2-1-3;;;;;;/h2*7-9H,1-5H2;1-6H2;1-6H;3,5H,1-2,4H2;3H2,1-2H3;2H2,1H3;3*1H2;4*1H4;;/q2*-1;;;-2;;;;;;;;;;;+3. The van der Waals surface area contributed by atoms with Gasteiger partial charge in [0.2, 0.25) is 20.8 Å². The van der Waals surface area contributed by atoms with Crippen molar-refractivity contribution in [3.05, 3.63) is 49.9 Å². The maximum atomic E-state index is 11.0. The number of ether oxygens (including phenoxy) is 7. The van der Waals surface area contributed by atoms with Crippen molar-refractivity contribution in [3.63, 3.8) is 0 Å². The van der Waals surface area contributed by atoms with E-state index in [0.717, 1.165) is 45.1 Å². The Kier molecular flexibility index (Phi) is 94.3. The average Bonchev–Trinajstić information content (AvgIpc) is 4.25. The molecule has 12 nitrogen and oxygen atoms in total. The topological polar surface area (TPSA) is 160 Å². The van der Waals surface area contributed by atoms with Crippen molar-refractivity contribution >= 4 is 24.9 Å². The number of esters is 2. The molecule has 2 heterocycles. The normalized spacial score (nSPS) is 19.1. The molecule has 3 saturated carbocycles. The zero-order valence-electron chi connectivity index (χ0n) is 38.3. The summed E-state index contributed by atoms with van der Waals surface area (Å²) in [5, 5.41) is 7.92. The first-order valence-corrected chi connectivity index (χ1v) is 20.9. The molecule has 5 aliphatic rings. The maximum Gasteiger partial charge on any atom is 3.00 e. The molecule has 6 atom stereocenters. The van der Waals surface area contributed by atoms with Gasteiger partial charge in [0.1, 0.15) is 13.2 Å². The summed E-state index contributed by atoms with van der Waals surface area (Å²) >= 11 is 0. The minimum Gasteiger partial charge on any atom is -0.645 e. The van der Waals surface area contributed by atoms with Crippen molar-refractivity contribution in [2.75, 3.05) is 67.1 Å². The Bertz CT molecular complexity index is 997. The predicted octanol–water partition coefficient (Wildman–Crippen LogP) is 12.3. The third-order valence-electron chi connectivity index (χ3n) is 8.19. The first-order chi connectivity index (χ1) is 30.6. The molecule has 0 radical (unpaired) electrons. The second kappa shape index (κ2) is 73.5. The van der Waals surface area contributed by atoms with Crippen molar-refractivity contribution in [1.82, 2.24) is 0 Å². The number of epoxide rings is 2. The largest absolute Gasteiger partial charge is 3.00 e. The van der Waals surface area contributed by atoms with Gasteiger partial charge in [0.15, 0.2) is 0 Å². The van der Waals surface area contributed by atoms with Gasteiger partial charge in [0.05, 0.1) is 44.3 Å². The van der Waals surface area contributed by atoms with Crippen LogP contribution in [0.15, 0.2) is 36.4 Å². The molecule has 1 aromatic rings. The van der Waals surface area contributed by atoms with E-state index in [2.05, 4.69) is 35.0 Å². The van der Waals surface area contributed by atoms with E-state index in [1.807, 2.05) is 36.4 Å². The third-order valence-corrected chi connectivity index (χ3v) is 8.19. The van der Waals surface area contributed by atoms with Gasteiger partial charge in [-0.25, -0.2) is 35.9 Å². The minimum absolute atomic E-state index is 0. The Morgan fingerprint density at radius 2 is 0.899 bits per heavy atom. The molecule has 6 unspecified atom stereocenters. The molecule has 21 heteroatoms. The molecular weight excluding hydrogens is 1260 g/mol. The van der Waals surface area contributed by atoms with Crippen LogP contribution in [-0.4, -0.2) is 122 Å². The van der Waals surface area contributed by atoms with Crippen LogP contribution in [0.3, 0.4) is 0 Å². The van der Waals surface area contributed by atoms with E-state index < -0.39 is 32.7 Å². The Morgan fingerprint density at radius 1 is 0.623 bits per heavy atom. The molecule has 0 aromatic heterocycles. The molecule has 5 fully saturated rings. The number of aliphatic hydroxyl groups excluding tert-OH is 1. The summed E-state index contributed by atoms with van der Waals surface area (Å²) in [7, 11) is 0. The van der Waals surface area contributed by atoms with Gasteiger partial charge in [-0.3, -0.25) is 4.39 Å². The van der Waals surface area contributed by atoms with E-state index in [1.54, 1.807) is 0 Å². The monoisotopic (exact) mass is 1340 g/mol. The Morgan fingerprint density at radius 3 is 1.10 bits per heavy atom. The van der Waals surface area contributed by atoms with Crippen molar-refractivity contribution in [1.29, 1.82) is 0 Å². The Hall–Kier alpha value is -3.45. The van der Waals surface area contributed by atoms with E-state index in [4.69, 9.17) is 24.1 Å². The van der Waals surface area contributed by atoms with Crippen molar-refractivity contribution in [2.24, 2.45) is 11.8 Å². The van der Waals surface area contributed by atoms with E-state index in [9.17, 15) is 49.9 Å². The smallest absolute Gasteiger partial charge is 0.645 e. The van der Waals surface area contributed by atoms with Crippen LogP contribution >= 0.6 is 0 Å². The van der Waals surface area contributed by atoms with E-state index in [-0.39, 0.29) is 88.9 Å². The number of carbonyl (C=O) groups excluding carboxylic acids is 4. The molecule has 0 amide bonds. The van der Waals surface area contributed by atoms with Gasteiger partial charge in [0, 0.05) is 0 Å². The summed E-state index contributed by atoms with van der Waals surface area (Å²) in [6, 6.07) is 12.0. The number of hydrogen-bond donors (Lipinski definition) is 1. The summed E-state index contributed by atoms with van der Waals surface area (Å²) < 4.78 is 102. The second-order valence-corrected chi connectivity index (χ2v) is 13.2. The van der Waals surface area contributed by atoms with E-state index in [1.165, 1.54) is 64.8 Å². The SMILES string of the molecule is C.C.C.C.C1CCCCC1.CCC.CCF.FCF.FCF.FCF.O=[C-]OCC(=O)OCC1CCC2OC2C1.O=[C-]OCC(=O)OCC1CCC2OC2C1.[CH2-]COC[CH-]O.[Rf].[Y+3].c1ccccc1. The van der Waals surface area contributed by atoms with Gasteiger partial charge in [-0.15, -0.1) is 0 Å². The second-order valence-electron chi connectivity index (χ2n) is 13.2. The van der Waals surface area contributed by atoms with Gasteiger partial charge in [-0.1, -0.05) is 151 Å². The van der Waals surface area contributed by atoms with Gasteiger partial charge in [-0.2, -0.15) is 6.61 Å². The third kappa shape index (κ3) is 71.2. The quantitative estimate of drug-likeness (QED) is 0.0498. The van der Waals surface area contributed by atoms with Gasteiger partial charge in [-0.05, 0) is 57.3 Å². The molecule has 3 aliphatic carbocycles. The fraction of sp³-hybridized carbons (Fsp3) is 0.750. The number of alkyl halides is 7. The summed E-state index contributed by atoms with van der Waals surface area (Å²) in [5.41, 5.74) is 0. The molecule has 2 saturated heterocycles.